The van der Waals surface area contributed by atoms with E-state index in [1.165, 1.54) is 0 Å². The molecule has 1 atom stereocenters. The zero-order valence-electron chi connectivity index (χ0n) is 8.34. The van der Waals surface area contributed by atoms with Gasteiger partial charge in [0.15, 0.2) is 5.16 Å². The van der Waals surface area contributed by atoms with Crippen molar-refractivity contribution in [3.63, 3.8) is 0 Å². The molecule has 0 radical (unpaired) electrons. The molecule has 0 aliphatic heterocycles. The van der Waals surface area contributed by atoms with Gasteiger partial charge in [0.2, 0.25) is 0 Å². The molecule has 0 aromatic carbocycles. The Bertz CT molecular complexity index is 407. The Morgan fingerprint density at radius 1 is 1.40 bits per heavy atom. The van der Waals surface area contributed by atoms with Gasteiger partial charge in [-0.2, -0.15) is 0 Å². The molecule has 0 saturated heterocycles. The van der Waals surface area contributed by atoms with Gasteiger partial charge in [0, 0.05) is 29.5 Å². The predicted octanol–water partition coefficient (Wildman–Crippen LogP) is 1.98. The highest BCUT2D eigenvalue weighted by Crippen LogP contribution is 2.23. The number of aromatic nitrogens is 3. The van der Waals surface area contributed by atoms with E-state index in [1.807, 2.05) is 25.3 Å². The highest BCUT2D eigenvalue weighted by atomic mass is 32.2. The lowest BCUT2D eigenvalue weighted by molar-refractivity contribution is 0.777. The number of hydrogen-bond acceptors (Lipinski definition) is 4. The summed E-state index contributed by atoms with van der Waals surface area (Å²) in [5, 5.41) is 0.866. The van der Waals surface area contributed by atoms with Gasteiger partial charge in [-0.3, -0.25) is 4.98 Å². The summed E-state index contributed by atoms with van der Waals surface area (Å²) in [5.74, 6) is 0. The van der Waals surface area contributed by atoms with Crippen LogP contribution in [0.1, 0.15) is 18.7 Å². The van der Waals surface area contributed by atoms with Gasteiger partial charge < -0.3 is 10.7 Å². The second kappa shape index (κ2) is 4.46. The number of aromatic amines is 1. The van der Waals surface area contributed by atoms with Gasteiger partial charge in [0.25, 0.3) is 0 Å². The molecule has 0 spiro atoms. The van der Waals surface area contributed by atoms with Gasteiger partial charge in [-0.15, -0.1) is 0 Å². The number of hydrogen-bond donors (Lipinski definition) is 2. The first kappa shape index (κ1) is 10.2. The van der Waals surface area contributed by atoms with Crippen molar-refractivity contribution in [3.05, 3.63) is 36.4 Å². The lowest BCUT2D eigenvalue weighted by atomic mass is 10.2. The van der Waals surface area contributed by atoms with E-state index >= 15 is 0 Å². The first-order valence-corrected chi connectivity index (χ1v) is 5.46. The minimum absolute atomic E-state index is 0.0207. The van der Waals surface area contributed by atoms with Crippen LogP contribution in [-0.4, -0.2) is 15.0 Å². The maximum atomic E-state index is 5.71. The molecule has 1 unspecified atom stereocenters. The van der Waals surface area contributed by atoms with Crippen LogP contribution in [0.15, 0.2) is 40.8 Å². The van der Waals surface area contributed by atoms with Crippen LogP contribution >= 0.6 is 11.8 Å². The van der Waals surface area contributed by atoms with Gasteiger partial charge in [-0.25, -0.2) is 4.98 Å². The molecule has 15 heavy (non-hydrogen) atoms. The van der Waals surface area contributed by atoms with E-state index in [1.54, 1.807) is 24.2 Å². The van der Waals surface area contributed by atoms with Gasteiger partial charge in [0.1, 0.15) is 0 Å². The number of pyridine rings is 1. The van der Waals surface area contributed by atoms with Crippen LogP contribution in [-0.2, 0) is 0 Å². The van der Waals surface area contributed by atoms with Crippen molar-refractivity contribution in [3.8, 4) is 0 Å². The molecule has 0 aliphatic carbocycles. The van der Waals surface area contributed by atoms with Crippen molar-refractivity contribution < 1.29 is 0 Å². The molecule has 2 heterocycles. The second-order valence-electron chi connectivity index (χ2n) is 3.20. The maximum Gasteiger partial charge on any atom is 0.170 e. The highest BCUT2D eigenvalue weighted by molar-refractivity contribution is 7.99. The standard InChI is InChI=1S/C10H12N4S/c1-7(11)9-3-2-8(6-14-9)15-10-12-4-5-13-10/h2-7H,11H2,1H3,(H,12,13). The SMILES string of the molecule is CC(N)c1ccc(Sc2ncc[nH]2)cn1. The van der Waals surface area contributed by atoms with Crippen LogP contribution in [0.25, 0.3) is 0 Å². The molecule has 5 heteroatoms. The number of nitrogens with one attached hydrogen (secondary N) is 1. The molecule has 4 nitrogen and oxygen atoms in total. The third kappa shape index (κ3) is 2.57. The molecule has 0 amide bonds. The topological polar surface area (TPSA) is 67.6 Å². The molecular formula is C10H12N4S. The minimum Gasteiger partial charge on any atom is -0.339 e. The third-order valence-electron chi connectivity index (χ3n) is 1.91. The van der Waals surface area contributed by atoms with E-state index < -0.39 is 0 Å². The molecule has 0 saturated carbocycles. The molecule has 3 N–H and O–H groups in total. The van der Waals surface area contributed by atoms with Crippen molar-refractivity contribution in [2.24, 2.45) is 5.73 Å². The van der Waals surface area contributed by atoms with Crippen molar-refractivity contribution in [1.29, 1.82) is 0 Å². The average molecular weight is 220 g/mol. The molecule has 2 aromatic rings. The van der Waals surface area contributed by atoms with Crippen LogP contribution in [0.5, 0.6) is 0 Å². The van der Waals surface area contributed by atoms with E-state index in [4.69, 9.17) is 5.73 Å². The monoisotopic (exact) mass is 220 g/mol. The molecular weight excluding hydrogens is 208 g/mol. The maximum absolute atomic E-state index is 5.71. The first-order chi connectivity index (χ1) is 7.25. The minimum atomic E-state index is -0.0207. The second-order valence-corrected chi connectivity index (χ2v) is 4.27. The van der Waals surface area contributed by atoms with Crippen molar-refractivity contribution in [2.45, 2.75) is 23.0 Å². The summed E-state index contributed by atoms with van der Waals surface area (Å²) in [6, 6.07) is 3.92. The van der Waals surface area contributed by atoms with Gasteiger partial charge in [-0.1, -0.05) is 11.8 Å². The lowest BCUT2D eigenvalue weighted by Gasteiger charge is -2.04. The van der Waals surface area contributed by atoms with Gasteiger partial charge >= 0.3 is 0 Å². The molecule has 2 rings (SSSR count). The van der Waals surface area contributed by atoms with Crippen molar-refractivity contribution in [1.82, 2.24) is 15.0 Å². The predicted molar refractivity (Wildman–Crippen MR) is 59.6 cm³/mol. The van der Waals surface area contributed by atoms with Gasteiger partial charge in [0.05, 0.1) is 5.69 Å². The van der Waals surface area contributed by atoms with E-state index in [9.17, 15) is 0 Å². The fraction of sp³-hybridized carbons (Fsp3) is 0.200. The summed E-state index contributed by atoms with van der Waals surface area (Å²) < 4.78 is 0. The molecule has 0 aliphatic rings. The number of H-pyrrole nitrogens is 1. The number of rotatable bonds is 3. The smallest absolute Gasteiger partial charge is 0.170 e. The molecule has 0 bridgehead atoms. The first-order valence-electron chi connectivity index (χ1n) is 4.64. The molecule has 0 fully saturated rings. The fourth-order valence-electron chi connectivity index (χ4n) is 1.14. The Labute approximate surface area is 92.3 Å². The van der Waals surface area contributed by atoms with Crippen LogP contribution in [0.3, 0.4) is 0 Å². The molecule has 78 valence electrons. The Morgan fingerprint density at radius 3 is 2.80 bits per heavy atom. The summed E-state index contributed by atoms with van der Waals surface area (Å²) in [6.07, 6.45) is 5.34. The Hall–Kier alpha value is -1.33. The Morgan fingerprint density at radius 2 is 2.27 bits per heavy atom. The number of nitrogens with zero attached hydrogens (tertiary/aromatic N) is 2. The average Bonchev–Trinajstić information content (AvgIpc) is 2.71. The number of nitrogens with two attached hydrogens (primary N) is 1. The summed E-state index contributed by atoms with van der Waals surface area (Å²) in [5.41, 5.74) is 6.61. The van der Waals surface area contributed by atoms with Gasteiger partial charge in [-0.05, 0) is 19.1 Å². The summed E-state index contributed by atoms with van der Waals surface area (Å²) in [4.78, 5) is 12.5. The zero-order valence-corrected chi connectivity index (χ0v) is 9.16. The van der Waals surface area contributed by atoms with E-state index in [0.717, 1.165) is 15.7 Å². The largest absolute Gasteiger partial charge is 0.339 e. The van der Waals surface area contributed by atoms with E-state index in [-0.39, 0.29) is 6.04 Å². The van der Waals surface area contributed by atoms with Crippen molar-refractivity contribution >= 4 is 11.8 Å². The van der Waals surface area contributed by atoms with Crippen molar-refractivity contribution in [2.75, 3.05) is 0 Å². The van der Waals surface area contributed by atoms with Crippen LogP contribution in [0, 0.1) is 0 Å². The summed E-state index contributed by atoms with van der Waals surface area (Å²) in [7, 11) is 0. The highest BCUT2D eigenvalue weighted by Gasteiger charge is 2.02. The molecule has 2 aromatic heterocycles. The van der Waals surface area contributed by atoms with Crippen LogP contribution in [0.2, 0.25) is 0 Å². The fourth-order valence-corrected chi connectivity index (χ4v) is 1.84. The lowest BCUT2D eigenvalue weighted by Crippen LogP contribution is -2.06. The quantitative estimate of drug-likeness (QED) is 0.830. The zero-order chi connectivity index (χ0) is 10.7. The van der Waals surface area contributed by atoms with E-state index in [0.29, 0.717) is 0 Å². The van der Waals surface area contributed by atoms with E-state index in [2.05, 4.69) is 15.0 Å². The normalized spacial score (nSPS) is 12.7. The van der Waals surface area contributed by atoms with Crippen LogP contribution < -0.4 is 5.73 Å². The van der Waals surface area contributed by atoms with Crippen LogP contribution in [0.4, 0.5) is 0 Å². The Kier molecular flexibility index (Phi) is 3.03. The number of imidazole rings is 1. The summed E-state index contributed by atoms with van der Waals surface area (Å²) in [6.45, 7) is 1.92. The summed E-state index contributed by atoms with van der Waals surface area (Å²) >= 11 is 1.54. The Balaban J connectivity index is 2.11. The third-order valence-corrected chi connectivity index (χ3v) is 2.81.